The van der Waals surface area contributed by atoms with Gasteiger partial charge in [-0.3, -0.25) is 0 Å². The molecule has 1 aliphatic rings. The lowest BCUT2D eigenvalue weighted by atomic mass is 10.0. The van der Waals surface area contributed by atoms with Crippen molar-refractivity contribution in [1.29, 1.82) is 0 Å². The van der Waals surface area contributed by atoms with Gasteiger partial charge in [-0.05, 0) is 46.5 Å². The third-order valence-corrected chi connectivity index (χ3v) is 7.40. The Labute approximate surface area is 265 Å². The second-order valence-electron chi connectivity index (χ2n) is 10.5. The minimum absolute atomic E-state index is 0.314. The van der Waals surface area contributed by atoms with E-state index in [0.717, 1.165) is 22.3 Å². The van der Waals surface area contributed by atoms with Crippen molar-refractivity contribution in [2.75, 3.05) is 27.9 Å². The van der Waals surface area contributed by atoms with Gasteiger partial charge in [-0.2, -0.15) is 0 Å². The number of benzene rings is 4. The SMILES string of the molecule is COc1cc(/C=C/C2=C[C@@H](OCc3ccccc3)[C@H](OCc3ccccc3)[C@@H](COCc3ccccc3)O2)cc(OC)c1OC. The molecule has 45 heavy (non-hydrogen) atoms. The van der Waals surface area contributed by atoms with Crippen LogP contribution in [-0.4, -0.2) is 46.2 Å². The Morgan fingerprint density at radius 2 is 1.16 bits per heavy atom. The molecule has 0 aromatic heterocycles. The normalized spacial score (nSPS) is 17.8. The van der Waals surface area contributed by atoms with E-state index in [-0.39, 0.29) is 0 Å². The van der Waals surface area contributed by atoms with Crippen molar-refractivity contribution < 1.29 is 33.2 Å². The van der Waals surface area contributed by atoms with Crippen LogP contribution < -0.4 is 14.2 Å². The highest BCUT2D eigenvalue weighted by Gasteiger charge is 2.36. The number of methoxy groups -OCH3 is 3. The molecule has 0 bridgehead atoms. The quantitative estimate of drug-likeness (QED) is 0.139. The summed E-state index contributed by atoms with van der Waals surface area (Å²) in [5, 5.41) is 0. The molecule has 0 aliphatic carbocycles. The molecule has 0 unspecified atom stereocenters. The molecule has 0 radical (unpaired) electrons. The van der Waals surface area contributed by atoms with E-state index >= 15 is 0 Å². The fourth-order valence-corrected chi connectivity index (χ4v) is 5.09. The van der Waals surface area contributed by atoms with E-state index in [0.29, 0.717) is 49.4 Å². The van der Waals surface area contributed by atoms with Gasteiger partial charge in [0, 0.05) is 0 Å². The van der Waals surface area contributed by atoms with Crippen molar-refractivity contribution in [1.82, 2.24) is 0 Å². The average molecular weight is 609 g/mol. The summed E-state index contributed by atoms with van der Waals surface area (Å²) < 4.78 is 42.4. The molecule has 0 spiro atoms. The molecule has 1 heterocycles. The predicted octanol–water partition coefficient (Wildman–Crippen LogP) is 7.40. The molecular weight excluding hydrogens is 568 g/mol. The second kappa shape index (κ2) is 16.5. The topological polar surface area (TPSA) is 64.6 Å². The van der Waals surface area contributed by atoms with Crippen LogP contribution in [-0.2, 0) is 38.8 Å². The molecule has 7 nitrogen and oxygen atoms in total. The van der Waals surface area contributed by atoms with E-state index in [2.05, 4.69) is 12.1 Å². The first-order valence-corrected chi connectivity index (χ1v) is 15.0. The van der Waals surface area contributed by atoms with E-state index in [9.17, 15) is 0 Å². The molecule has 4 aromatic rings. The number of allylic oxidation sites excluding steroid dienone is 1. The van der Waals surface area contributed by atoms with Crippen LogP contribution in [0.3, 0.4) is 0 Å². The maximum Gasteiger partial charge on any atom is 0.203 e. The van der Waals surface area contributed by atoms with Crippen LogP contribution >= 0.6 is 0 Å². The van der Waals surface area contributed by atoms with Gasteiger partial charge >= 0.3 is 0 Å². The van der Waals surface area contributed by atoms with Gasteiger partial charge in [0.1, 0.15) is 18.0 Å². The van der Waals surface area contributed by atoms with Gasteiger partial charge < -0.3 is 33.2 Å². The van der Waals surface area contributed by atoms with E-state index in [1.54, 1.807) is 21.3 Å². The first-order chi connectivity index (χ1) is 22.2. The predicted molar refractivity (Wildman–Crippen MR) is 174 cm³/mol. The fourth-order valence-electron chi connectivity index (χ4n) is 5.09. The van der Waals surface area contributed by atoms with Gasteiger partial charge in [0.15, 0.2) is 17.6 Å². The van der Waals surface area contributed by atoms with E-state index in [1.165, 1.54) is 0 Å². The van der Waals surface area contributed by atoms with Gasteiger partial charge in [0.25, 0.3) is 0 Å². The molecule has 0 saturated carbocycles. The van der Waals surface area contributed by atoms with Crippen LogP contribution in [0.4, 0.5) is 0 Å². The molecule has 0 N–H and O–H groups in total. The van der Waals surface area contributed by atoms with E-state index in [4.69, 9.17) is 33.2 Å². The molecule has 7 heteroatoms. The van der Waals surface area contributed by atoms with Gasteiger partial charge in [0.2, 0.25) is 5.75 Å². The van der Waals surface area contributed by atoms with Crippen LogP contribution in [0, 0.1) is 0 Å². The van der Waals surface area contributed by atoms with Crippen molar-refractivity contribution in [2.45, 2.75) is 38.1 Å². The Balaban J connectivity index is 1.42. The highest BCUT2D eigenvalue weighted by Crippen LogP contribution is 2.38. The van der Waals surface area contributed by atoms with Gasteiger partial charge in [-0.25, -0.2) is 0 Å². The Morgan fingerprint density at radius 3 is 1.69 bits per heavy atom. The lowest BCUT2D eigenvalue weighted by molar-refractivity contribution is -0.151. The van der Waals surface area contributed by atoms with Crippen LogP contribution in [0.1, 0.15) is 22.3 Å². The first kappa shape index (κ1) is 31.9. The van der Waals surface area contributed by atoms with Crippen LogP contribution in [0.25, 0.3) is 6.08 Å². The highest BCUT2D eigenvalue weighted by molar-refractivity contribution is 5.63. The van der Waals surface area contributed by atoms with Crippen molar-refractivity contribution in [3.63, 3.8) is 0 Å². The lowest BCUT2D eigenvalue weighted by Crippen LogP contribution is -2.47. The van der Waals surface area contributed by atoms with Crippen molar-refractivity contribution in [3.05, 3.63) is 143 Å². The minimum Gasteiger partial charge on any atom is -0.493 e. The highest BCUT2D eigenvalue weighted by atomic mass is 16.6. The average Bonchev–Trinajstić information content (AvgIpc) is 3.10. The molecule has 1 aliphatic heterocycles. The summed E-state index contributed by atoms with van der Waals surface area (Å²) >= 11 is 0. The molecule has 234 valence electrons. The van der Waals surface area contributed by atoms with Crippen LogP contribution in [0.15, 0.2) is 121 Å². The van der Waals surface area contributed by atoms with Crippen LogP contribution in [0.5, 0.6) is 17.2 Å². The van der Waals surface area contributed by atoms with Gasteiger partial charge in [0.05, 0.1) is 47.8 Å². The number of ether oxygens (including phenoxy) is 7. The molecule has 0 saturated heterocycles. The summed E-state index contributed by atoms with van der Waals surface area (Å²) in [6.07, 6.45) is 4.59. The third-order valence-electron chi connectivity index (χ3n) is 7.40. The maximum atomic E-state index is 6.54. The first-order valence-electron chi connectivity index (χ1n) is 15.0. The summed E-state index contributed by atoms with van der Waals surface area (Å²) in [5.74, 6) is 2.32. The lowest BCUT2D eigenvalue weighted by Gasteiger charge is -2.36. The van der Waals surface area contributed by atoms with E-state index < -0.39 is 18.3 Å². The van der Waals surface area contributed by atoms with Crippen molar-refractivity contribution in [3.8, 4) is 17.2 Å². The minimum atomic E-state index is -0.428. The van der Waals surface area contributed by atoms with Crippen LogP contribution in [0.2, 0.25) is 0 Å². The van der Waals surface area contributed by atoms with E-state index in [1.807, 2.05) is 109 Å². The molecule has 0 amide bonds. The molecular formula is C38H40O7. The monoisotopic (exact) mass is 608 g/mol. The smallest absolute Gasteiger partial charge is 0.203 e. The Morgan fingerprint density at radius 1 is 0.622 bits per heavy atom. The maximum absolute atomic E-state index is 6.54. The number of hydrogen-bond donors (Lipinski definition) is 0. The van der Waals surface area contributed by atoms with Crippen molar-refractivity contribution in [2.24, 2.45) is 0 Å². The molecule has 5 rings (SSSR count). The Hall–Kier alpha value is -4.56. The number of hydrogen-bond acceptors (Lipinski definition) is 7. The third kappa shape index (κ3) is 8.99. The van der Waals surface area contributed by atoms with Gasteiger partial charge in [-0.15, -0.1) is 0 Å². The molecule has 0 fully saturated rings. The largest absolute Gasteiger partial charge is 0.493 e. The zero-order valence-corrected chi connectivity index (χ0v) is 26.0. The molecule has 3 atom stereocenters. The molecule has 4 aromatic carbocycles. The summed E-state index contributed by atoms with van der Waals surface area (Å²) in [5.41, 5.74) is 4.09. The Kier molecular flexibility index (Phi) is 11.7. The standard InChI is InChI=1S/C38H40O7/c1-39-33-21-31(22-34(40-2)37(33)41-3)19-20-32-23-35(43-25-29-15-9-5-10-16-29)38(44-26-30-17-11-6-12-18-30)36(45-32)27-42-24-28-13-7-4-8-14-28/h4-23,35-36,38H,24-27H2,1-3H3/b20-19+/t35-,36-,38+/m1/s1. The zero-order chi connectivity index (χ0) is 31.3. The Bertz CT molecular complexity index is 1500. The van der Waals surface area contributed by atoms with Gasteiger partial charge in [-0.1, -0.05) is 97.1 Å². The summed E-state index contributed by atoms with van der Waals surface area (Å²) in [6, 6.07) is 34.1. The summed E-state index contributed by atoms with van der Waals surface area (Å²) in [7, 11) is 4.78. The number of rotatable bonds is 15. The summed E-state index contributed by atoms with van der Waals surface area (Å²) in [4.78, 5) is 0. The summed E-state index contributed by atoms with van der Waals surface area (Å²) in [6.45, 7) is 1.62. The fraction of sp³-hybridized carbons (Fsp3) is 0.263. The van der Waals surface area contributed by atoms with Crippen molar-refractivity contribution >= 4 is 6.08 Å². The second-order valence-corrected chi connectivity index (χ2v) is 10.5. The zero-order valence-electron chi connectivity index (χ0n) is 26.0.